The second-order valence-electron chi connectivity index (χ2n) is 5.33. The Morgan fingerprint density at radius 2 is 1.95 bits per heavy atom. The van der Waals surface area contributed by atoms with E-state index in [1.807, 2.05) is 6.92 Å². The number of sulfonamides is 1. The summed E-state index contributed by atoms with van der Waals surface area (Å²) in [5, 5.41) is 8.55. The molecule has 0 aliphatic heterocycles. The number of nitrogens with one attached hydrogen (secondary N) is 1. The summed E-state index contributed by atoms with van der Waals surface area (Å²) in [6, 6.07) is 6.17. The Bertz CT molecular complexity index is 637. The molecule has 0 bridgehead atoms. The fourth-order valence-corrected chi connectivity index (χ4v) is 3.93. The summed E-state index contributed by atoms with van der Waals surface area (Å²) in [7, 11) is -3.53. The summed E-state index contributed by atoms with van der Waals surface area (Å²) in [6.45, 7) is 1.99. The molecule has 0 radical (unpaired) electrons. The molecule has 2 rings (SSSR count). The number of hydrogen-bond donors (Lipinski definition) is 2. The van der Waals surface area contributed by atoms with Crippen molar-refractivity contribution >= 4 is 22.1 Å². The molecule has 6 heteroatoms. The molecular formula is C15H19NO4S. The first-order valence-electron chi connectivity index (χ1n) is 6.92. The zero-order valence-electron chi connectivity index (χ0n) is 11.9. The van der Waals surface area contributed by atoms with E-state index in [4.69, 9.17) is 5.11 Å². The third-order valence-electron chi connectivity index (χ3n) is 3.95. The molecule has 1 aliphatic carbocycles. The quantitative estimate of drug-likeness (QED) is 0.790. The third kappa shape index (κ3) is 3.71. The number of carboxylic acid groups (broad SMARTS) is 1. The fraction of sp³-hybridized carbons (Fsp3) is 0.400. The van der Waals surface area contributed by atoms with Crippen LogP contribution in [-0.4, -0.2) is 25.0 Å². The Kier molecular flexibility index (Phi) is 4.49. The van der Waals surface area contributed by atoms with Crippen molar-refractivity contribution in [1.82, 2.24) is 4.72 Å². The van der Waals surface area contributed by atoms with E-state index in [0.717, 1.165) is 31.8 Å². The van der Waals surface area contributed by atoms with Crippen LogP contribution in [0.25, 0.3) is 6.08 Å². The van der Waals surface area contributed by atoms with Gasteiger partial charge in [-0.1, -0.05) is 19.1 Å². The van der Waals surface area contributed by atoms with E-state index >= 15 is 0 Å². The molecule has 1 fully saturated rings. The van der Waals surface area contributed by atoms with Gasteiger partial charge in [-0.05, 0) is 49.5 Å². The van der Waals surface area contributed by atoms with Crippen LogP contribution in [0.4, 0.5) is 0 Å². The number of rotatable bonds is 6. The smallest absolute Gasteiger partial charge is 0.328 e. The minimum absolute atomic E-state index is 0.203. The lowest BCUT2D eigenvalue weighted by Crippen LogP contribution is -2.52. The summed E-state index contributed by atoms with van der Waals surface area (Å²) in [5.41, 5.74) is 0.353. The SMILES string of the molecule is CCC1(NS(=O)(=O)c2ccc(/C=C/C(=O)O)cc2)CCC1. The summed E-state index contributed by atoms with van der Waals surface area (Å²) in [6.07, 6.45) is 6.03. The van der Waals surface area contributed by atoms with E-state index < -0.39 is 16.0 Å². The van der Waals surface area contributed by atoms with Crippen LogP contribution < -0.4 is 4.72 Å². The van der Waals surface area contributed by atoms with Gasteiger partial charge in [0.1, 0.15) is 0 Å². The van der Waals surface area contributed by atoms with Gasteiger partial charge < -0.3 is 5.11 Å². The molecule has 1 aromatic rings. The van der Waals surface area contributed by atoms with Crippen molar-refractivity contribution in [3.8, 4) is 0 Å². The zero-order valence-corrected chi connectivity index (χ0v) is 12.7. The summed E-state index contributed by atoms with van der Waals surface area (Å²) in [4.78, 5) is 10.6. The molecule has 0 spiro atoms. The average Bonchev–Trinajstić information content (AvgIpc) is 2.41. The molecule has 1 aliphatic rings. The molecule has 0 saturated heterocycles. The summed E-state index contributed by atoms with van der Waals surface area (Å²) < 4.78 is 27.5. The van der Waals surface area contributed by atoms with Gasteiger partial charge in [-0.15, -0.1) is 0 Å². The maximum Gasteiger partial charge on any atom is 0.328 e. The van der Waals surface area contributed by atoms with Gasteiger partial charge in [0.2, 0.25) is 10.0 Å². The predicted molar refractivity (Wildman–Crippen MR) is 80.3 cm³/mol. The Morgan fingerprint density at radius 1 is 1.33 bits per heavy atom. The normalized spacial score (nSPS) is 17.6. The minimum Gasteiger partial charge on any atom is -0.478 e. The van der Waals surface area contributed by atoms with Crippen molar-refractivity contribution < 1.29 is 18.3 Å². The van der Waals surface area contributed by atoms with Crippen LogP contribution in [0.5, 0.6) is 0 Å². The second kappa shape index (κ2) is 5.99. The number of benzene rings is 1. The molecule has 2 N–H and O–H groups in total. The highest BCUT2D eigenvalue weighted by Crippen LogP contribution is 2.36. The lowest BCUT2D eigenvalue weighted by molar-refractivity contribution is -0.131. The first-order chi connectivity index (χ1) is 9.87. The number of carboxylic acids is 1. The van der Waals surface area contributed by atoms with E-state index in [9.17, 15) is 13.2 Å². The van der Waals surface area contributed by atoms with Crippen LogP contribution in [-0.2, 0) is 14.8 Å². The highest BCUT2D eigenvalue weighted by molar-refractivity contribution is 7.89. The van der Waals surface area contributed by atoms with Crippen LogP contribution >= 0.6 is 0 Å². The van der Waals surface area contributed by atoms with Gasteiger partial charge in [-0.3, -0.25) is 0 Å². The van der Waals surface area contributed by atoms with Crippen molar-refractivity contribution in [2.75, 3.05) is 0 Å². The average molecular weight is 309 g/mol. The van der Waals surface area contributed by atoms with E-state index in [2.05, 4.69) is 4.72 Å². The highest BCUT2D eigenvalue weighted by Gasteiger charge is 2.38. The molecule has 21 heavy (non-hydrogen) atoms. The van der Waals surface area contributed by atoms with E-state index in [0.29, 0.717) is 5.56 Å². The van der Waals surface area contributed by atoms with Crippen molar-refractivity contribution in [3.63, 3.8) is 0 Å². The Hall–Kier alpha value is -1.66. The van der Waals surface area contributed by atoms with Gasteiger partial charge in [-0.2, -0.15) is 0 Å². The molecular weight excluding hydrogens is 290 g/mol. The van der Waals surface area contributed by atoms with Crippen LogP contribution in [0.15, 0.2) is 35.2 Å². The maximum atomic E-state index is 12.4. The Morgan fingerprint density at radius 3 is 2.38 bits per heavy atom. The van der Waals surface area contributed by atoms with E-state index in [1.54, 1.807) is 12.1 Å². The van der Waals surface area contributed by atoms with Crippen molar-refractivity contribution in [2.24, 2.45) is 0 Å². The van der Waals surface area contributed by atoms with E-state index in [-0.39, 0.29) is 10.4 Å². The van der Waals surface area contributed by atoms with Crippen LogP contribution in [0.3, 0.4) is 0 Å². The lowest BCUT2D eigenvalue weighted by atomic mass is 9.76. The molecule has 0 atom stereocenters. The molecule has 0 aromatic heterocycles. The predicted octanol–water partition coefficient (Wildman–Crippen LogP) is 2.40. The Labute approximate surface area is 124 Å². The van der Waals surface area contributed by atoms with Gasteiger partial charge in [0.15, 0.2) is 0 Å². The monoisotopic (exact) mass is 309 g/mol. The third-order valence-corrected chi connectivity index (χ3v) is 5.54. The summed E-state index contributed by atoms with van der Waals surface area (Å²) in [5.74, 6) is -1.04. The number of aliphatic carboxylic acids is 1. The number of carbonyl (C=O) groups is 1. The van der Waals surface area contributed by atoms with Gasteiger partial charge in [-0.25, -0.2) is 17.9 Å². The van der Waals surface area contributed by atoms with E-state index in [1.165, 1.54) is 18.2 Å². The van der Waals surface area contributed by atoms with Crippen LogP contribution in [0.2, 0.25) is 0 Å². The first-order valence-corrected chi connectivity index (χ1v) is 8.40. The van der Waals surface area contributed by atoms with Crippen molar-refractivity contribution in [2.45, 2.75) is 43.0 Å². The molecule has 0 unspecified atom stereocenters. The molecule has 0 amide bonds. The van der Waals surface area contributed by atoms with Crippen molar-refractivity contribution in [1.29, 1.82) is 0 Å². The largest absolute Gasteiger partial charge is 0.478 e. The molecule has 5 nitrogen and oxygen atoms in total. The number of hydrogen-bond acceptors (Lipinski definition) is 3. The lowest BCUT2D eigenvalue weighted by Gasteiger charge is -2.41. The van der Waals surface area contributed by atoms with Gasteiger partial charge in [0, 0.05) is 11.6 Å². The summed E-state index contributed by atoms with van der Waals surface area (Å²) >= 11 is 0. The standard InChI is InChI=1S/C15H19NO4S/c1-2-15(10-3-11-15)16-21(19,20)13-7-4-12(5-8-13)6-9-14(17)18/h4-9,16H,2-3,10-11H2,1H3,(H,17,18)/b9-6+. The first kappa shape index (κ1) is 15.7. The van der Waals surface area contributed by atoms with Gasteiger partial charge >= 0.3 is 5.97 Å². The molecule has 114 valence electrons. The van der Waals surface area contributed by atoms with Gasteiger partial charge in [0.05, 0.1) is 4.90 Å². The highest BCUT2D eigenvalue weighted by atomic mass is 32.2. The zero-order chi connectivity index (χ0) is 15.5. The molecule has 0 heterocycles. The molecule has 1 saturated carbocycles. The fourth-order valence-electron chi connectivity index (χ4n) is 2.40. The topological polar surface area (TPSA) is 83.5 Å². The minimum atomic E-state index is -3.53. The van der Waals surface area contributed by atoms with Crippen molar-refractivity contribution in [3.05, 3.63) is 35.9 Å². The van der Waals surface area contributed by atoms with Gasteiger partial charge in [0.25, 0.3) is 0 Å². The molecule has 1 aromatic carbocycles. The van der Waals surface area contributed by atoms with Crippen LogP contribution in [0, 0.1) is 0 Å². The second-order valence-corrected chi connectivity index (χ2v) is 7.02. The van der Waals surface area contributed by atoms with Crippen LogP contribution in [0.1, 0.15) is 38.2 Å². The Balaban J connectivity index is 2.15. The maximum absolute atomic E-state index is 12.4.